The Balaban J connectivity index is 2.59. The van der Waals surface area contributed by atoms with Gasteiger partial charge in [0.15, 0.2) is 0 Å². The van der Waals surface area contributed by atoms with Gasteiger partial charge in [0.1, 0.15) is 0 Å². The zero-order valence-electron chi connectivity index (χ0n) is 10.3. The van der Waals surface area contributed by atoms with E-state index in [1.165, 1.54) is 5.56 Å². The summed E-state index contributed by atoms with van der Waals surface area (Å²) in [5.41, 5.74) is 7.02. The Labute approximate surface area is 103 Å². The second-order valence-electron chi connectivity index (χ2n) is 4.76. The van der Waals surface area contributed by atoms with Crippen LogP contribution in [0.2, 0.25) is 5.02 Å². The van der Waals surface area contributed by atoms with Crippen molar-refractivity contribution in [2.45, 2.75) is 32.9 Å². The Hall–Kier alpha value is -0.570. The molecule has 0 bridgehead atoms. The highest BCUT2D eigenvalue weighted by Crippen LogP contribution is 2.16. The summed E-state index contributed by atoms with van der Waals surface area (Å²) in [5.74, 6) is 0.504. The van der Waals surface area contributed by atoms with E-state index < -0.39 is 0 Å². The van der Waals surface area contributed by atoms with Crippen molar-refractivity contribution in [1.29, 1.82) is 0 Å². The van der Waals surface area contributed by atoms with Gasteiger partial charge in [-0.1, -0.05) is 37.6 Å². The highest BCUT2D eigenvalue weighted by atomic mass is 35.5. The zero-order valence-corrected chi connectivity index (χ0v) is 11.0. The largest absolute Gasteiger partial charge is 0.329 e. The van der Waals surface area contributed by atoms with Crippen LogP contribution in [0.1, 0.15) is 26.3 Å². The first-order chi connectivity index (χ1) is 7.48. The van der Waals surface area contributed by atoms with Crippen molar-refractivity contribution in [2.24, 2.45) is 11.7 Å². The number of hydrogen-bond donors (Lipinski definition) is 2. The molecule has 0 aliphatic heterocycles. The lowest BCUT2D eigenvalue weighted by molar-refractivity contribution is 0.267. The van der Waals surface area contributed by atoms with Crippen LogP contribution >= 0.6 is 11.6 Å². The van der Waals surface area contributed by atoms with Crippen molar-refractivity contribution in [1.82, 2.24) is 5.32 Å². The molecule has 1 aromatic rings. The first-order valence-electron chi connectivity index (χ1n) is 5.67. The maximum atomic E-state index is 5.84. The number of nitrogens with two attached hydrogens (primary N) is 1. The minimum absolute atomic E-state index is 0.0142. The Morgan fingerprint density at radius 3 is 2.31 bits per heavy atom. The molecular weight excluding hydrogens is 220 g/mol. The van der Waals surface area contributed by atoms with Crippen LogP contribution < -0.4 is 11.1 Å². The fourth-order valence-corrected chi connectivity index (χ4v) is 1.54. The first kappa shape index (κ1) is 13.5. The molecule has 0 aliphatic rings. The molecule has 0 amide bonds. The zero-order chi connectivity index (χ0) is 12.2. The summed E-state index contributed by atoms with van der Waals surface area (Å²) in [7, 11) is 0. The summed E-state index contributed by atoms with van der Waals surface area (Å²) in [5, 5.41) is 4.29. The third-order valence-corrected chi connectivity index (χ3v) is 3.56. The van der Waals surface area contributed by atoms with E-state index in [2.05, 4.69) is 26.1 Å². The molecule has 0 aromatic heterocycles. The fraction of sp³-hybridized carbons (Fsp3) is 0.538. The van der Waals surface area contributed by atoms with Gasteiger partial charge in [0.25, 0.3) is 0 Å². The van der Waals surface area contributed by atoms with Crippen molar-refractivity contribution < 1.29 is 0 Å². The number of rotatable bonds is 5. The van der Waals surface area contributed by atoms with Crippen LogP contribution in [0.5, 0.6) is 0 Å². The van der Waals surface area contributed by atoms with E-state index in [1.807, 2.05) is 24.3 Å². The summed E-state index contributed by atoms with van der Waals surface area (Å²) < 4.78 is 0. The number of benzene rings is 1. The van der Waals surface area contributed by atoms with Crippen molar-refractivity contribution in [3.8, 4) is 0 Å². The molecule has 0 heterocycles. The minimum Gasteiger partial charge on any atom is -0.329 e. The molecule has 90 valence electrons. The second kappa shape index (κ2) is 5.67. The Kier molecular flexibility index (Phi) is 4.78. The van der Waals surface area contributed by atoms with Gasteiger partial charge < -0.3 is 11.1 Å². The van der Waals surface area contributed by atoms with E-state index in [9.17, 15) is 0 Å². The van der Waals surface area contributed by atoms with Crippen LogP contribution in [0.15, 0.2) is 24.3 Å². The van der Waals surface area contributed by atoms with Crippen molar-refractivity contribution in [3.63, 3.8) is 0 Å². The minimum atomic E-state index is -0.0142. The van der Waals surface area contributed by atoms with E-state index in [0.717, 1.165) is 11.6 Å². The van der Waals surface area contributed by atoms with Crippen LogP contribution in [-0.2, 0) is 6.54 Å². The monoisotopic (exact) mass is 240 g/mol. The van der Waals surface area contributed by atoms with Gasteiger partial charge >= 0.3 is 0 Å². The molecule has 0 radical (unpaired) electrons. The highest BCUT2D eigenvalue weighted by Gasteiger charge is 2.25. The van der Waals surface area contributed by atoms with Gasteiger partial charge in [-0.15, -0.1) is 0 Å². The maximum absolute atomic E-state index is 5.84. The van der Waals surface area contributed by atoms with Crippen molar-refractivity contribution in [3.05, 3.63) is 34.9 Å². The van der Waals surface area contributed by atoms with Crippen LogP contribution in [-0.4, -0.2) is 12.1 Å². The van der Waals surface area contributed by atoms with Gasteiger partial charge in [-0.25, -0.2) is 0 Å². The van der Waals surface area contributed by atoms with Gasteiger partial charge in [-0.3, -0.25) is 0 Å². The van der Waals surface area contributed by atoms with Crippen LogP contribution in [0, 0.1) is 5.92 Å². The molecule has 0 saturated carbocycles. The van der Waals surface area contributed by atoms with E-state index >= 15 is 0 Å². The Morgan fingerprint density at radius 1 is 1.31 bits per heavy atom. The highest BCUT2D eigenvalue weighted by molar-refractivity contribution is 6.30. The summed E-state index contributed by atoms with van der Waals surface area (Å²) in [6.45, 7) is 7.98. The smallest absolute Gasteiger partial charge is 0.0406 e. The molecule has 0 fully saturated rings. The van der Waals surface area contributed by atoms with E-state index in [4.69, 9.17) is 17.3 Å². The van der Waals surface area contributed by atoms with E-state index in [-0.39, 0.29) is 5.54 Å². The van der Waals surface area contributed by atoms with Gasteiger partial charge in [-0.2, -0.15) is 0 Å². The Morgan fingerprint density at radius 2 is 1.88 bits per heavy atom. The predicted octanol–water partition coefficient (Wildman–Crippen LogP) is 2.80. The molecule has 1 aromatic carbocycles. The third-order valence-electron chi connectivity index (χ3n) is 3.31. The molecule has 16 heavy (non-hydrogen) atoms. The van der Waals surface area contributed by atoms with E-state index in [0.29, 0.717) is 12.5 Å². The summed E-state index contributed by atoms with van der Waals surface area (Å²) in [4.78, 5) is 0. The fourth-order valence-electron chi connectivity index (χ4n) is 1.42. The van der Waals surface area contributed by atoms with Gasteiger partial charge in [0.2, 0.25) is 0 Å². The normalized spacial score (nSPS) is 15.1. The summed E-state index contributed by atoms with van der Waals surface area (Å²) >= 11 is 5.84. The molecule has 2 nitrogen and oxygen atoms in total. The van der Waals surface area contributed by atoms with Crippen LogP contribution in [0.4, 0.5) is 0 Å². The first-order valence-corrected chi connectivity index (χ1v) is 6.05. The molecule has 0 spiro atoms. The SMILES string of the molecule is CC(C)C(C)(CN)NCc1ccc(Cl)cc1. The molecule has 3 N–H and O–H groups in total. The molecule has 1 unspecified atom stereocenters. The number of hydrogen-bond acceptors (Lipinski definition) is 2. The lowest BCUT2D eigenvalue weighted by atomic mass is 9.88. The van der Waals surface area contributed by atoms with Gasteiger partial charge in [-0.05, 0) is 30.5 Å². The number of halogens is 1. The molecule has 1 rings (SSSR count). The third kappa shape index (κ3) is 3.48. The van der Waals surface area contributed by atoms with Crippen LogP contribution in [0.3, 0.4) is 0 Å². The summed E-state index contributed by atoms with van der Waals surface area (Å²) in [6.07, 6.45) is 0. The van der Waals surface area contributed by atoms with Crippen LogP contribution in [0.25, 0.3) is 0 Å². The predicted molar refractivity (Wildman–Crippen MR) is 70.6 cm³/mol. The molecule has 0 aliphatic carbocycles. The summed E-state index contributed by atoms with van der Waals surface area (Å²) in [6, 6.07) is 7.89. The average molecular weight is 241 g/mol. The molecule has 1 atom stereocenters. The van der Waals surface area contributed by atoms with Crippen molar-refractivity contribution >= 4 is 11.6 Å². The molecule has 3 heteroatoms. The lowest BCUT2D eigenvalue weighted by Crippen LogP contribution is -2.52. The maximum Gasteiger partial charge on any atom is 0.0406 e. The van der Waals surface area contributed by atoms with Gasteiger partial charge in [0, 0.05) is 23.7 Å². The second-order valence-corrected chi connectivity index (χ2v) is 5.19. The molecule has 0 saturated heterocycles. The van der Waals surface area contributed by atoms with Crippen molar-refractivity contribution in [2.75, 3.05) is 6.54 Å². The topological polar surface area (TPSA) is 38.0 Å². The lowest BCUT2D eigenvalue weighted by Gasteiger charge is -2.33. The molecular formula is C13H21ClN2. The van der Waals surface area contributed by atoms with E-state index in [1.54, 1.807) is 0 Å². The van der Waals surface area contributed by atoms with Gasteiger partial charge in [0.05, 0.1) is 0 Å². The quantitative estimate of drug-likeness (QED) is 0.831. The number of nitrogens with one attached hydrogen (secondary N) is 1. The Bertz CT molecular complexity index is 321. The average Bonchev–Trinajstić information content (AvgIpc) is 2.27. The standard InChI is InChI=1S/C13H21ClN2/c1-10(2)13(3,9-15)16-8-11-4-6-12(14)7-5-11/h4-7,10,16H,8-9,15H2,1-3H3.